The molecule has 0 spiro atoms. The molecule has 24 heavy (non-hydrogen) atoms. The number of nitrogens with two attached hydrogens (primary N) is 2. The number of ether oxygens (including phenoxy) is 2. The molecular formula is C16H18ClN5O2. The van der Waals surface area contributed by atoms with Gasteiger partial charge in [-0.3, -0.25) is 0 Å². The van der Waals surface area contributed by atoms with Gasteiger partial charge in [0.25, 0.3) is 0 Å². The molecule has 0 amide bonds. The Hall–Kier alpha value is -2.72. The predicted octanol–water partition coefficient (Wildman–Crippen LogP) is 3.02. The van der Waals surface area contributed by atoms with E-state index in [1.807, 2.05) is 26.8 Å². The van der Waals surface area contributed by atoms with Crippen molar-refractivity contribution in [2.75, 3.05) is 18.1 Å². The zero-order valence-corrected chi connectivity index (χ0v) is 14.4. The van der Waals surface area contributed by atoms with Gasteiger partial charge in [0, 0.05) is 5.56 Å². The smallest absolute Gasteiger partial charge is 0.222 e. The molecule has 1 aromatic carbocycles. The second-order valence-electron chi connectivity index (χ2n) is 5.19. The van der Waals surface area contributed by atoms with Gasteiger partial charge >= 0.3 is 0 Å². The van der Waals surface area contributed by atoms with Crippen LogP contribution in [0.5, 0.6) is 11.5 Å². The van der Waals surface area contributed by atoms with Gasteiger partial charge < -0.3 is 20.9 Å². The van der Waals surface area contributed by atoms with Gasteiger partial charge in [-0.2, -0.15) is 10.2 Å². The van der Waals surface area contributed by atoms with Gasteiger partial charge in [-0.1, -0.05) is 11.6 Å². The summed E-state index contributed by atoms with van der Waals surface area (Å²) in [6.45, 7) is 6.05. The molecule has 8 heteroatoms. The van der Waals surface area contributed by atoms with Crippen molar-refractivity contribution in [3.63, 3.8) is 0 Å². The van der Waals surface area contributed by atoms with Crippen molar-refractivity contribution in [1.82, 2.24) is 9.97 Å². The van der Waals surface area contributed by atoms with Gasteiger partial charge in [0.1, 0.15) is 17.5 Å². The van der Waals surface area contributed by atoms with Gasteiger partial charge in [0.2, 0.25) is 5.95 Å². The van der Waals surface area contributed by atoms with Crippen LogP contribution in [0.2, 0.25) is 5.02 Å². The van der Waals surface area contributed by atoms with E-state index in [0.29, 0.717) is 34.4 Å². The molecule has 0 saturated heterocycles. The summed E-state index contributed by atoms with van der Waals surface area (Å²) in [6, 6.07) is 5.31. The zero-order chi connectivity index (χ0) is 17.9. The lowest BCUT2D eigenvalue weighted by atomic mass is 10.1. The monoisotopic (exact) mass is 347 g/mol. The van der Waals surface area contributed by atoms with Crippen LogP contribution in [0.15, 0.2) is 12.1 Å². The van der Waals surface area contributed by atoms with Crippen molar-refractivity contribution in [2.24, 2.45) is 0 Å². The Balaban J connectivity index is 2.67. The predicted molar refractivity (Wildman–Crippen MR) is 93.0 cm³/mol. The maximum atomic E-state index is 9.33. The first-order valence-corrected chi connectivity index (χ1v) is 7.71. The van der Waals surface area contributed by atoms with Crippen LogP contribution in [0.4, 0.5) is 11.8 Å². The molecule has 1 aromatic heterocycles. The quantitative estimate of drug-likeness (QED) is 0.852. The number of aromatic nitrogens is 2. The Kier molecular flexibility index (Phi) is 5.31. The highest BCUT2D eigenvalue weighted by molar-refractivity contribution is 6.32. The number of anilines is 2. The lowest BCUT2D eigenvalue weighted by Crippen LogP contribution is -2.09. The molecule has 0 aliphatic rings. The van der Waals surface area contributed by atoms with E-state index in [1.54, 1.807) is 12.1 Å². The largest absolute Gasteiger partial charge is 0.490 e. The normalized spacial score (nSPS) is 10.5. The number of hydrogen-bond donors (Lipinski definition) is 2. The molecular weight excluding hydrogens is 330 g/mol. The highest BCUT2D eigenvalue weighted by atomic mass is 35.5. The fraction of sp³-hybridized carbons (Fsp3) is 0.312. The third kappa shape index (κ3) is 3.60. The van der Waals surface area contributed by atoms with Crippen LogP contribution in [0, 0.1) is 11.3 Å². The topological polar surface area (TPSA) is 120 Å². The maximum absolute atomic E-state index is 9.33. The first kappa shape index (κ1) is 17.6. The van der Waals surface area contributed by atoms with E-state index in [0.717, 1.165) is 0 Å². The Bertz CT molecular complexity index is 802. The maximum Gasteiger partial charge on any atom is 0.222 e. The zero-order valence-electron chi connectivity index (χ0n) is 13.6. The van der Waals surface area contributed by atoms with E-state index in [-0.39, 0.29) is 23.4 Å². The number of halogens is 1. The van der Waals surface area contributed by atoms with Gasteiger partial charge in [-0.25, -0.2) is 4.98 Å². The molecule has 126 valence electrons. The molecule has 0 aliphatic carbocycles. The van der Waals surface area contributed by atoms with E-state index < -0.39 is 0 Å². The van der Waals surface area contributed by atoms with E-state index in [4.69, 9.17) is 32.5 Å². The summed E-state index contributed by atoms with van der Waals surface area (Å²) in [6.07, 6.45) is -0.0763. The molecule has 7 nitrogen and oxygen atoms in total. The molecule has 0 radical (unpaired) electrons. The van der Waals surface area contributed by atoms with E-state index in [2.05, 4.69) is 9.97 Å². The Labute approximate surface area is 145 Å². The minimum Gasteiger partial charge on any atom is -0.490 e. The molecule has 0 atom stereocenters. The fourth-order valence-electron chi connectivity index (χ4n) is 2.13. The SMILES string of the molecule is CCOc1cc(-c2nc(N)nc(N)c2C#N)cc(Cl)c1OC(C)C. The summed E-state index contributed by atoms with van der Waals surface area (Å²) in [5.74, 6) is 0.869. The van der Waals surface area contributed by atoms with Crippen molar-refractivity contribution in [3.8, 4) is 28.8 Å². The summed E-state index contributed by atoms with van der Waals surface area (Å²) in [4.78, 5) is 7.92. The standard InChI is InChI=1S/C16H18ClN5O2/c1-4-23-12-6-9(5-11(17)14(12)24-8(2)3)13-10(7-18)15(19)22-16(20)21-13/h5-6,8H,4H2,1-3H3,(H4,19,20,21,22). The van der Waals surface area contributed by atoms with Crippen LogP contribution in [-0.4, -0.2) is 22.7 Å². The van der Waals surface area contributed by atoms with Crippen LogP contribution in [0.3, 0.4) is 0 Å². The molecule has 2 aromatic rings. The first-order chi connectivity index (χ1) is 11.4. The van der Waals surface area contributed by atoms with Crippen LogP contribution in [0.25, 0.3) is 11.3 Å². The lowest BCUT2D eigenvalue weighted by molar-refractivity contribution is 0.224. The van der Waals surface area contributed by atoms with Crippen molar-refractivity contribution in [1.29, 1.82) is 5.26 Å². The second-order valence-corrected chi connectivity index (χ2v) is 5.59. The van der Waals surface area contributed by atoms with Crippen LogP contribution in [-0.2, 0) is 0 Å². The van der Waals surface area contributed by atoms with Gasteiger partial charge in [-0.05, 0) is 32.9 Å². The van der Waals surface area contributed by atoms with Crippen molar-refractivity contribution in [3.05, 3.63) is 22.7 Å². The number of nitrogen functional groups attached to an aromatic ring is 2. The molecule has 4 N–H and O–H groups in total. The number of nitriles is 1. The van der Waals surface area contributed by atoms with E-state index in [9.17, 15) is 5.26 Å². The van der Waals surface area contributed by atoms with Crippen LogP contribution >= 0.6 is 11.6 Å². The van der Waals surface area contributed by atoms with Gasteiger partial charge in [-0.15, -0.1) is 0 Å². The molecule has 0 unspecified atom stereocenters. The number of benzene rings is 1. The third-order valence-corrected chi connectivity index (χ3v) is 3.28. The summed E-state index contributed by atoms with van der Waals surface area (Å²) < 4.78 is 11.3. The van der Waals surface area contributed by atoms with Crippen molar-refractivity contribution < 1.29 is 9.47 Å². The lowest BCUT2D eigenvalue weighted by Gasteiger charge is -2.17. The average molecular weight is 348 g/mol. The fourth-order valence-corrected chi connectivity index (χ4v) is 2.39. The third-order valence-electron chi connectivity index (χ3n) is 3.00. The molecule has 1 heterocycles. The van der Waals surface area contributed by atoms with Crippen LogP contribution in [0.1, 0.15) is 26.3 Å². The van der Waals surface area contributed by atoms with Crippen LogP contribution < -0.4 is 20.9 Å². The van der Waals surface area contributed by atoms with Crippen molar-refractivity contribution >= 4 is 23.4 Å². The Morgan fingerprint density at radius 1 is 1.29 bits per heavy atom. The van der Waals surface area contributed by atoms with Crippen molar-refractivity contribution in [2.45, 2.75) is 26.9 Å². The molecule has 2 rings (SSSR count). The van der Waals surface area contributed by atoms with Gasteiger partial charge in [0.15, 0.2) is 11.5 Å². The summed E-state index contributed by atoms with van der Waals surface area (Å²) >= 11 is 6.35. The number of hydrogen-bond acceptors (Lipinski definition) is 7. The van der Waals surface area contributed by atoms with Gasteiger partial charge in [0.05, 0.1) is 23.4 Å². The molecule has 0 bridgehead atoms. The highest BCUT2D eigenvalue weighted by Crippen LogP contribution is 2.41. The minimum absolute atomic E-state index is 0.0107. The second kappa shape index (κ2) is 7.23. The summed E-state index contributed by atoms with van der Waals surface area (Å²) in [5.41, 5.74) is 12.4. The highest BCUT2D eigenvalue weighted by Gasteiger charge is 2.19. The molecule has 0 fully saturated rings. The average Bonchev–Trinajstić information content (AvgIpc) is 2.49. The number of nitrogens with zero attached hydrogens (tertiary/aromatic N) is 3. The Morgan fingerprint density at radius 3 is 2.58 bits per heavy atom. The number of rotatable bonds is 5. The summed E-state index contributed by atoms with van der Waals surface area (Å²) in [7, 11) is 0. The van der Waals surface area contributed by atoms with E-state index >= 15 is 0 Å². The Morgan fingerprint density at radius 2 is 2.00 bits per heavy atom. The first-order valence-electron chi connectivity index (χ1n) is 7.33. The van der Waals surface area contributed by atoms with E-state index in [1.165, 1.54) is 0 Å². The minimum atomic E-state index is -0.0763. The summed E-state index contributed by atoms with van der Waals surface area (Å²) in [5, 5.41) is 9.66. The molecule has 0 aliphatic heterocycles. The molecule has 0 saturated carbocycles.